The number of benzene rings is 2. The van der Waals surface area contributed by atoms with E-state index in [4.69, 9.17) is 40.1 Å². The summed E-state index contributed by atoms with van der Waals surface area (Å²) in [5.74, 6) is 0. The van der Waals surface area contributed by atoms with Crippen LogP contribution in [0.5, 0.6) is 0 Å². The smallest absolute Gasteiger partial charge is 0.220 e. The van der Waals surface area contributed by atoms with Crippen molar-refractivity contribution in [2.24, 2.45) is 10.2 Å². The Morgan fingerprint density at radius 2 is 1.53 bits per heavy atom. The summed E-state index contributed by atoms with van der Waals surface area (Å²) in [6.07, 6.45) is -5.66. The first kappa shape index (κ1) is 23.9. The predicted octanol–water partition coefficient (Wildman–Crippen LogP) is 6.36. The average molecular weight is 496 g/mol. The fourth-order valence-electron chi connectivity index (χ4n) is 2.18. The van der Waals surface area contributed by atoms with E-state index in [-0.39, 0.29) is 9.92 Å². The number of sulfone groups is 1. The van der Waals surface area contributed by atoms with Crippen LogP contribution in [-0.2, 0) is 16.0 Å². The summed E-state index contributed by atoms with van der Waals surface area (Å²) < 4.78 is 64.5. The molecule has 0 aromatic heterocycles. The Morgan fingerprint density at radius 1 is 1.00 bits per heavy atom. The van der Waals surface area contributed by atoms with E-state index < -0.39 is 48.6 Å². The summed E-state index contributed by atoms with van der Waals surface area (Å²) >= 11 is 17.3. The van der Waals surface area contributed by atoms with Crippen molar-refractivity contribution in [1.29, 1.82) is 10.5 Å². The maximum absolute atomic E-state index is 13.0. The maximum atomic E-state index is 13.0. The lowest BCUT2D eigenvalue weighted by Crippen LogP contribution is -2.34. The highest BCUT2D eigenvalue weighted by atomic mass is 35.5. The molecule has 0 spiro atoms. The number of nitriles is 2. The molecular formula is C17H8Cl3F3N4O2S. The van der Waals surface area contributed by atoms with Crippen molar-refractivity contribution in [1.82, 2.24) is 0 Å². The van der Waals surface area contributed by atoms with Crippen molar-refractivity contribution >= 4 is 50.3 Å². The zero-order valence-electron chi connectivity index (χ0n) is 14.5. The van der Waals surface area contributed by atoms with E-state index in [9.17, 15) is 26.9 Å². The van der Waals surface area contributed by atoms with Crippen molar-refractivity contribution in [3.05, 3.63) is 57.0 Å². The van der Waals surface area contributed by atoms with Crippen molar-refractivity contribution < 1.29 is 21.6 Å². The van der Waals surface area contributed by atoms with Gasteiger partial charge in [-0.05, 0) is 36.4 Å². The quantitative estimate of drug-likeness (QED) is 0.450. The van der Waals surface area contributed by atoms with Crippen molar-refractivity contribution in [3.8, 4) is 12.1 Å². The lowest BCUT2D eigenvalue weighted by molar-refractivity contribution is -0.137. The number of hydrogen-bond donors (Lipinski definition) is 0. The molecule has 0 aliphatic carbocycles. The van der Waals surface area contributed by atoms with Gasteiger partial charge in [-0.3, -0.25) is 0 Å². The van der Waals surface area contributed by atoms with Gasteiger partial charge in [-0.2, -0.15) is 28.8 Å². The van der Waals surface area contributed by atoms with E-state index in [1.54, 1.807) is 6.07 Å². The fourth-order valence-corrected chi connectivity index (χ4v) is 4.27. The molecule has 0 amide bonds. The molecule has 6 nitrogen and oxygen atoms in total. The number of alkyl halides is 3. The lowest BCUT2D eigenvalue weighted by atomic mass is 10.2. The standard InChI is InChI=1S/C17H8Cl3F3N4O2S/c18-11-1-3-12(4-2-11)30(28,29)16(9-25,5-6-24)27-26-15-13(19)7-10(8-14(15)20)17(21,22)23/h1-4,7-8H,5H2. The summed E-state index contributed by atoms with van der Waals surface area (Å²) in [6, 6.07) is 8.75. The topological polar surface area (TPSA) is 106 Å². The molecule has 156 valence electrons. The summed E-state index contributed by atoms with van der Waals surface area (Å²) in [6.45, 7) is 0. The van der Waals surface area contributed by atoms with Crippen LogP contribution in [0.25, 0.3) is 0 Å². The summed E-state index contributed by atoms with van der Waals surface area (Å²) in [4.78, 5) is -3.07. The molecule has 0 saturated carbocycles. The van der Waals surface area contributed by atoms with Gasteiger partial charge in [0.2, 0.25) is 9.84 Å². The van der Waals surface area contributed by atoms with E-state index in [1.165, 1.54) is 18.2 Å². The molecule has 0 heterocycles. The fraction of sp³-hybridized carbons (Fsp3) is 0.176. The van der Waals surface area contributed by atoms with E-state index >= 15 is 0 Å². The monoisotopic (exact) mass is 494 g/mol. The molecule has 0 bridgehead atoms. The molecule has 2 aromatic rings. The first-order valence-corrected chi connectivity index (χ1v) is 10.3. The molecule has 1 atom stereocenters. The SMILES string of the molecule is N#CCC(C#N)(N=Nc1c(Cl)cc(C(F)(F)F)cc1Cl)S(=O)(=O)c1ccc(Cl)cc1. The van der Waals surface area contributed by atoms with E-state index in [2.05, 4.69) is 10.2 Å². The molecule has 2 rings (SSSR count). The molecular weight excluding hydrogens is 488 g/mol. The normalized spacial score (nSPS) is 14.1. The zero-order valence-corrected chi connectivity index (χ0v) is 17.5. The third-order valence-electron chi connectivity index (χ3n) is 3.72. The van der Waals surface area contributed by atoms with Gasteiger partial charge in [0.15, 0.2) is 0 Å². The minimum Gasteiger partial charge on any atom is -0.220 e. The third-order valence-corrected chi connectivity index (χ3v) is 6.65. The van der Waals surface area contributed by atoms with Gasteiger partial charge in [0, 0.05) is 5.02 Å². The molecule has 1 unspecified atom stereocenters. The van der Waals surface area contributed by atoms with Crippen LogP contribution in [0.3, 0.4) is 0 Å². The first-order chi connectivity index (χ1) is 13.9. The third kappa shape index (κ3) is 4.68. The second-order valence-electron chi connectivity index (χ2n) is 5.67. The Morgan fingerprint density at radius 3 is 1.97 bits per heavy atom. The second-order valence-corrected chi connectivity index (χ2v) is 9.08. The van der Waals surface area contributed by atoms with Gasteiger partial charge in [-0.15, -0.1) is 5.11 Å². The lowest BCUT2D eigenvalue weighted by Gasteiger charge is -2.18. The molecule has 0 saturated heterocycles. The van der Waals surface area contributed by atoms with Crippen LogP contribution in [0.15, 0.2) is 51.5 Å². The van der Waals surface area contributed by atoms with Crippen LogP contribution in [0.4, 0.5) is 18.9 Å². The van der Waals surface area contributed by atoms with Crippen molar-refractivity contribution in [2.75, 3.05) is 0 Å². The molecule has 13 heteroatoms. The van der Waals surface area contributed by atoms with Crippen molar-refractivity contribution in [3.63, 3.8) is 0 Å². The van der Waals surface area contributed by atoms with E-state index in [0.29, 0.717) is 12.1 Å². The molecule has 0 aliphatic heterocycles. The maximum Gasteiger partial charge on any atom is 0.416 e. The van der Waals surface area contributed by atoms with Crippen LogP contribution < -0.4 is 0 Å². The van der Waals surface area contributed by atoms with Gasteiger partial charge >= 0.3 is 6.18 Å². The summed E-state index contributed by atoms with van der Waals surface area (Å²) in [7, 11) is -4.59. The Balaban J connectivity index is 2.63. The minimum atomic E-state index is -4.74. The first-order valence-electron chi connectivity index (χ1n) is 7.65. The number of azo groups is 1. The van der Waals surface area contributed by atoms with Crippen LogP contribution in [-0.4, -0.2) is 13.3 Å². The summed E-state index contributed by atoms with van der Waals surface area (Å²) in [5.41, 5.74) is -1.65. The average Bonchev–Trinajstić information content (AvgIpc) is 2.65. The highest BCUT2D eigenvalue weighted by molar-refractivity contribution is 7.93. The van der Waals surface area contributed by atoms with Gasteiger partial charge in [0.25, 0.3) is 4.87 Å². The van der Waals surface area contributed by atoms with Gasteiger partial charge in [0.05, 0.1) is 33.0 Å². The zero-order chi connectivity index (χ0) is 22.7. The number of hydrogen-bond acceptors (Lipinski definition) is 6. The van der Waals surface area contributed by atoms with Gasteiger partial charge < -0.3 is 0 Å². The van der Waals surface area contributed by atoms with E-state index in [1.807, 2.05) is 0 Å². The Kier molecular flexibility index (Phi) is 7.00. The molecule has 0 radical (unpaired) electrons. The number of nitrogens with zero attached hydrogens (tertiary/aromatic N) is 4. The van der Waals surface area contributed by atoms with Gasteiger partial charge in [0.1, 0.15) is 11.8 Å². The van der Waals surface area contributed by atoms with Gasteiger partial charge in [-0.1, -0.05) is 34.8 Å². The van der Waals surface area contributed by atoms with E-state index in [0.717, 1.165) is 12.1 Å². The predicted molar refractivity (Wildman–Crippen MR) is 103 cm³/mol. The highest BCUT2D eigenvalue weighted by Crippen LogP contribution is 2.41. The van der Waals surface area contributed by atoms with Crippen molar-refractivity contribution in [2.45, 2.75) is 22.4 Å². The van der Waals surface area contributed by atoms with Crippen LogP contribution in [0.2, 0.25) is 15.1 Å². The van der Waals surface area contributed by atoms with Gasteiger partial charge in [-0.25, -0.2) is 8.42 Å². The number of rotatable bonds is 5. The Hall–Kier alpha value is -2.37. The molecule has 0 fully saturated rings. The van der Waals surface area contributed by atoms with Crippen LogP contribution in [0.1, 0.15) is 12.0 Å². The largest absolute Gasteiger partial charge is 0.416 e. The van der Waals surface area contributed by atoms with Crippen LogP contribution in [0, 0.1) is 22.7 Å². The number of halogens is 6. The van der Waals surface area contributed by atoms with Crippen LogP contribution >= 0.6 is 34.8 Å². The second kappa shape index (κ2) is 8.78. The molecule has 0 N–H and O–H groups in total. The molecule has 30 heavy (non-hydrogen) atoms. The molecule has 0 aliphatic rings. The minimum absolute atomic E-state index is 0.224. The summed E-state index contributed by atoms with van der Waals surface area (Å²) in [5, 5.41) is 24.7. The molecule has 2 aromatic carbocycles. The Labute approximate surface area is 184 Å². The highest BCUT2D eigenvalue weighted by Gasteiger charge is 2.46. The Bertz CT molecular complexity index is 1160.